The summed E-state index contributed by atoms with van der Waals surface area (Å²) < 4.78 is 5.75. The monoisotopic (exact) mass is 475 g/mol. The van der Waals surface area contributed by atoms with E-state index in [2.05, 4.69) is 31.3 Å². The van der Waals surface area contributed by atoms with Gasteiger partial charge in [-0.1, -0.05) is 61.9 Å². The molecule has 1 N–H and O–H groups in total. The van der Waals surface area contributed by atoms with Crippen LogP contribution in [0, 0.1) is 19.8 Å². The van der Waals surface area contributed by atoms with Crippen LogP contribution in [0.2, 0.25) is 0 Å². The minimum Gasteiger partial charge on any atom is -0.464 e. The second-order valence-corrected chi connectivity index (χ2v) is 9.46. The van der Waals surface area contributed by atoms with E-state index < -0.39 is 0 Å². The molecule has 3 amide bonds. The van der Waals surface area contributed by atoms with E-state index in [1.54, 1.807) is 9.80 Å². The van der Waals surface area contributed by atoms with Gasteiger partial charge in [0.05, 0.1) is 6.54 Å². The molecule has 6 heteroatoms. The topological polar surface area (TPSA) is 65.8 Å². The van der Waals surface area contributed by atoms with Crippen molar-refractivity contribution in [2.45, 2.75) is 47.1 Å². The van der Waals surface area contributed by atoms with Crippen LogP contribution in [0.3, 0.4) is 0 Å². The smallest absolute Gasteiger partial charge is 0.322 e. The summed E-state index contributed by atoms with van der Waals surface area (Å²) in [5, 5.41) is 2.95. The molecular weight excluding hydrogens is 438 g/mol. The van der Waals surface area contributed by atoms with Crippen LogP contribution in [0.15, 0.2) is 71.1 Å². The Hall–Kier alpha value is -3.54. The standard InChI is InChI=1S/C29H37N3O3/c1-22(2)16-18-32(29(34)30-26-13-10-23(3)11-14-26)21-28(33)31(20-27-15-12-24(4)35-27)19-17-25-8-6-5-7-9-25/h5-15,22H,16-21H2,1-4H3,(H,30,34). The van der Waals surface area contributed by atoms with Crippen molar-refractivity contribution < 1.29 is 14.0 Å². The van der Waals surface area contributed by atoms with Crippen molar-refractivity contribution in [1.82, 2.24) is 9.80 Å². The summed E-state index contributed by atoms with van der Waals surface area (Å²) in [6, 6.07) is 21.3. The summed E-state index contributed by atoms with van der Waals surface area (Å²) in [6.07, 6.45) is 1.55. The number of anilines is 1. The molecule has 3 aromatic rings. The molecule has 186 valence electrons. The molecule has 0 unspecified atom stereocenters. The highest BCUT2D eigenvalue weighted by molar-refractivity contribution is 5.92. The number of amides is 3. The van der Waals surface area contributed by atoms with Crippen molar-refractivity contribution in [3.05, 3.63) is 89.4 Å². The summed E-state index contributed by atoms with van der Waals surface area (Å²) in [7, 11) is 0. The van der Waals surface area contributed by atoms with Crippen LogP contribution in [0.4, 0.5) is 10.5 Å². The van der Waals surface area contributed by atoms with E-state index in [-0.39, 0.29) is 18.5 Å². The molecular formula is C29H37N3O3. The number of benzene rings is 2. The zero-order valence-electron chi connectivity index (χ0n) is 21.3. The number of furan rings is 1. The van der Waals surface area contributed by atoms with Crippen LogP contribution >= 0.6 is 0 Å². The number of carbonyl (C=O) groups excluding carboxylic acids is 2. The van der Waals surface area contributed by atoms with Crippen LogP contribution in [0.5, 0.6) is 0 Å². The van der Waals surface area contributed by atoms with E-state index in [4.69, 9.17) is 4.42 Å². The molecule has 0 bridgehead atoms. The van der Waals surface area contributed by atoms with Gasteiger partial charge in [-0.3, -0.25) is 4.79 Å². The van der Waals surface area contributed by atoms with Crippen molar-refractivity contribution in [2.75, 3.05) is 25.0 Å². The molecule has 0 aliphatic carbocycles. The highest BCUT2D eigenvalue weighted by Gasteiger charge is 2.23. The average Bonchev–Trinajstić information content (AvgIpc) is 3.25. The van der Waals surface area contributed by atoms with Crippen LogP contribution in [-0.2, 0) is 17.8 Å². The molecule has 3 rings (SSSR count). The molecule has 0 spiro atoms. The Balaban J connectivity index is 1.72. The molecule has 0 aliphatic heterocycles. The van der Waals surface area contributed by atoms with Gasteiger partial charge in [0.25, 0.3) is 0 Å². The molecule has 6 nitrogen and oxygen atoms in total. The van der Waals surface area contributed by atoms with Crippen molar-refractivity contribution in [1.29, 1.82) is 0 Å². The predicted octanol–water partition coefficient (Wildman–Crippen LogP) is 6.05. The van der Waals surface area contributed by atoms with E-state index in [1.807, 2.05) is 68.4 Å². The summed E-state index contributed by atoms with van der Waals surface area (Å²) in [5.74, 6) is 1.87. The minimum absolute atomic E-state index is 0.0128. The Labute approximate surface area is 208 Å². The molecule has 0 atom stereocenters. The third-order valence-electron chi connectivity index (χ3n) is 5.90. The summed E-state index contributed by atoms with van der Waals surface area (Å²) in [5.41, 5.74) is 3.00. The Kier molecular flexibility index (Phi) is 9.53. The van der Waals surface area contributed by atoms with Gasteiger partial charge in [0.1, 0.15) is 18.1 Å². The summed E-state index contributed by atoms with van der Waals surface area (Å²) in [4.78, 5) is 30.0. The first-order valence-corrected chi connectivity index (χ1v) is 12.3. The maximum absolute atomic E-state index is 13.5. The SMILES string of the molecule is Cc1ccc(NC(=O)N(CCC(C)C)CC(=O)N(CCc2ccccc2)Cc2ccc(C)o2)cc1. The van der Waals surface area contributed by atoms with Crippen LogP contribution in [0.25, 0.3) is 0 Å². The largest absolute Gasteiger partial charge is 0.464 e. The highest BCUT2D eigenvalue weighted by atomic mass is 16.3. The van der Waals surface area contributed by atoms with Gasteiger partial charge in [-0.25, -0.2) is 4.79 Å². The normalized spacial score (nSPS) is 10.9. The number of rotatable bonds is 11. The number of urea groups is 1. The van der Waals surface area contributed by atoms with Gasteiger partial charge in [-0.15, -0.1) is 0 Å². The molecule has 0 fully saturated rings. The van der Waals surface area contributed by atoms with Gasteiger partial charge < -0.3 is 19.5 Å². The van der Waals surface area contributed by atoms with E-state index >= 15 is 0 Å². The third kappa shape index (κ3) is 8.63. The molecule has 35 heavy (non-hydrogen) atoms. The number of carbonyl (C=O) groups is 2. The van der Waals surface area contributed by atoms with E-state index in [1.165, 1.54) is 0 Å². The molecule has 0 saturated carbocycles. The lowest BCUT2D eigenvalue weighted by molar-refractivity contribution is -0.132. The first kappa shape index (κ1) is 26.1. The quantitative estimate of drug-likeness (QED) is 0.367. The number of hydrogen-bond acceptors (Lipinski definition) is 3. The number of hydrogen-bond donors (Lipinski definition) is 1. The molecule has 0 aliphatic rings. The van der Waals surface area contributed by atoms with Crippen molar-refractivity contribution >= 4 is 17.6 Å². The Morgan fingerprint density at radius 1 is 0.886 bits per heavy atom. The lowest BCUT2D eigenvalue weighted by atomic mass is 10.1. The molecule has 0 radical (unpaired) electrons. The number of nitrogens with one attached hydrogen (secondary N) is 1. The fourth-order valence-corrected chi connectivity index (χ4v) is 3.73. The first-order chi connectivity index (χ1) is 16.8. The number of nitrogens with zero attached hydrogens (tertiary/aromatic N) is 2. The second kappa shape index (κ2) is 12.8. The Morgan fingerprint density at radius 3 is 2.23 bits per heavy atom. The maximum Gasteiger partial charge on any atom is 0.322 e. The van der Waals surface area contributed by atoms with Crippen LogP contribution in [0.1, 0.15) is 42.9 Å². The summed E-state index contributed by atoms with van der Waals surface area (Å²) in [6.45, 7) is 9.56. The predicted molar refractivity (Wildman–Crippen MR) is 140 cm³/mol. The minimum atomic E-state index is -0.264. The van der Waals surface area contributed by atoms with E-state index in [0.717, 1.165) is 41.2 Å². The fraction of sp³-hybridized carbons (Fsp3) is 0.379. The van der Waals surface area contributed by atoms with Crippen LogP contribution < -0.4 is 5.32 Å². The Morgan fingerprint density at radius 2 is 1.60 bits per heavy atom. The Bertz CT molecular complexity index is 1070. The van der Waals surface area contributed by atoms with Gasteiger partial charge >= 0.3 is 6.03 Å². The maximum atomic E-state index is 13.5. The van der Waals surface area contributed by atoms with Crippen LogP contribution in [-0.4, -0.2) is 41.4 Å². The zero-order chi connectivity index (χ0) is 25.2. The lowest BCUT2D eigenvalue weighted by Gasteiger charge is -2.28. The summed E-state index contributed by atoms with van der Waals surface area (Å²) >= 11 is 0. The number of aryl methyl sites for hydroxylation is 2. The van der Waals surface area contributed by atoms with Gasteiger partial charge in [0, 0.05) is 18.8 Å². The average molecular weight is 476 g/mol. The van der Waals surface area contributed by atoms with Gasteiger partial charge in [-0.05, 0) is 62.4 Å². The van der Waals surface area contributed by atoms with Gasteiger partial charge in [0.15, 0.2) is 0 Å². The van der Waals surface area contributed by atoms with Gasteiger partial charge in [0.2, 0.25) is 5.91 Å². The van der Waals surface area contributed by atoms with Gasteiger partial charge in [-0.2, -0.15) is 0 Å². The van der Waals surface area contributed by atoms with E-state index in [9.17, 15) is 9.59 Å². The first-order valence-electron chi connectivity index (χ1n) is 12.3. The van der Waals surface area contributed by atoms with Crippen molar-refractivity contribution in [3.8, 4) is 0 Å². The third-order valence-corrected chi connectivity index (χ3v) is 5.90. The highest BCUT2D eigenvalue weighted by Crippen LogP contribution is 2.14. The van der Waals surface area contributed by atoms with Crippen molar-refractivity contribution in [2.24, 2.45) is 5.92 Å². The molecule has 1 heterocycles. The molecule has 2 aromatic carbocycles. The fourth-order valence-electron chi connectivity index (χ4n) is 3.73. The molecule has 0 saturated heterocycles. The molecule has 1 aromatic heterocycles. The second-order valence-electron chi connectivity index (χ2n) is 9.46. The lowest BCUT2D eigenvalue weighted by Crippen LogP contribution is -2.45. The van der Waals surface area contributed by atoms with Crippen molar-refractivity contribution in [3.63, 3.8) is 0 Å². The zero-order valence-corrected chi connectivity index (χ0v) is 21.3. The van der Waals surface area contributed by atoms with E-state index in [0.29, 0.717) is 25.6 Å².